The number of nitrogens with zero attached hydrogens (tertiary/aromatic N) is 2. The van der Waals surface area contributed by atoms with Crippen molar-refractivity contribution in [2.45, 2.75) is 0 Å². The van der Waals surface area contributed by atoms with Crippen LogP contribution >= 0.6 is 23.2 Å². The Hall–Kier alpha value is -1.59. The van der Waals surface area contributed by atoms with Crippen molar-refractivity contribution in [1.82, 2.24) is 9.97 Å². The van der Waals surface area contributed by atoms with Crippen LogP contribution < -0.4 is 9.47 Å². The third-order valence-electron chi connectivity index (χ3n) is 2.42. The Morgan fingerprint density at radius 1 is 1.05 bits per heavy atom. The van der Waals surface area contributed by atoms with Crippen LogP contribution in [0.15, 0.2) is 18.2 Å². The second-order valence-electron chi connectivity index (χ2n) is 3.51. The van der Waals surface area contributed by atoms with Crippen molar-refractivity contribution in [1.29, 1.82) is 0 Å². The summed E-state index contributed by atoms with van der Waals surface area (Å²) in [5.74, 6) is 0.386. The van der Waals surface area contributed by atoms with Crippen molar-refractivity contribution in [2.75, 3.05) is 14.2 Å². The fourth-order valence-electron chi connectivity index (χ4n) is 1.50. The second kappa shape index (κ2) is 5.59. The minimum atomic E-state index is -0.853. The Bertz CT molecular complexity index is 600. The SMILES string of the molecule is COc1ccc(OC)c(-c2nc(Cl)c(F)c(Cl)n2)c1. The monoisotopic (exact) mass is 302 g/mol. The van der Waals surface area contributed by atoms with Crippen LogP contribution in [0.1, 0.15) is 0 Å². The molecule has 0 unspecified atom stereocenters. The number of hydrogen-bond acceptors (Lipinski definition) is 4. The molecular weight excluding hydrogens is 294 g/mol. The van der Waals surface area contributed by atoms with Gasteiger partial charge in [-0.05, 0) is 18.2 Å². The summed E-state index contributed by atoms with van der Waals surface area (Å²) in [5, 5.41) is -0.695. The molecule has 0 saturated carbocycles. The molecule has 7 heteroatoms. The zero-order valence-corrected chi connectivity index (χ0v) is 11.6. The summed E-state index contributed by atoms with van der Waals surface area (Å²) in [6.07, 6.45) is 0. The summed E-state index contributed by atoms with van der Waals surface area (Å²) >= 11 is 11.3. The average molecular weight is 303 g/mol. The predicted molar refractivity (Wildman–Crippen MR) is 70.6 cm³/mol. The van der Waals surface area contributed by atoms with Gasteiger partial charge in [-0.3, -0.25) is 0 Å². The molecule has 0 spiro atoms. The van der Waals surface area contributed by atoms with Crippen LogP contribution in [0.25, 0.3) is 11.4 Å². The van der Waals surface area contributed by atoms with Crippen molar-refractivity contribution in [3.63, 3.8) is 0 Å². The number of halogens is 3. The van der Waals surface area contributed by atoms with Gasteiger partial charge in [0.2, 0.25) is 0 Å². The van der Waals surface area contributed by atoms with Gasteiger partial charge in [0.05, 0.1) is 19.8 Å². The van der Waals surface area contributed by atoms with Crippen molar-refractivity contribution in [3.05, 3.63) is 34.3 Å². The predicted octanol–water partition coefficient (Wildman–Crippen LogP) is 3.61. The van der Waals surface area contributed by atoms with Crippen LogP contribution in [-0.4, -0.2) is 24.2 Å². The first kappa shape index (κ1) is 13.8. The fourth-order valence-corrected chi connectivity index (χ4v) is 1.89. The van der Waals surface area contributed by atoms with Gasteiger partial charge in [-0.2, -0.15) is 0 Å². The van der Waals surface area contributed by atoms with Gasteiger partial charge in [0.15, 0.2) is 21.9 Å². The zero-order valence-electron chi connectivity index (χ0n) is 10.1. The van der Waals surface area contributed by atoms with Crippen molar-refractivity contribution < 1.29 is 13.9 Å². The Morgan fingerprint density at radius 2 is 1.68 bits per heavy atom. The van der Waals surface area contributed by atoms with E-state index in [0.29, 0.717) is 17.1 Å². The smallest absolute Gasteiger partial charge is 0.197 e. The van der Waals surface area contributed by atoms with Gasteiger partial charge in [-0.1, -0.05) is 23.2 Å². The highest BCUT2D eigenvalue weighted by Gasteiger charge is 2.16. The number of aromatic nitrogens is 2. The van der Waals surface area contributed by atoms with E-state index >= 15 is 0 Å². The van der Waals surface area contributed by atoms with E-state index in [1.807, 2.05) is 0 Å². The molecule has 4 nitrogen and oxygen atoms in total. The van der Waals surface area contributed by atoms with E-state index in [1.165, 1.54) is 14.2 Å². The summed E-state index contributed by atoms with van der Waals surface area (Å²) in [6, 6.07) is 5.05. The largest absolute Gasteiger partial charge is 0.497 e. The van der Waals surface area contributed by atoms with Crippen molar-refractivity contribution in [2.24, 2.45) is 0 Å². The van der Waals surface area contributed by atoms with E-state index in [0.717, 1.165) is 0 Å². The molecule has 0 N–H and O–H groups in total. The maximum Gasteiger partial charge on any atom is 0.197 e. The maximum absolute atomic E-state index is 13.3. The summed E-state index contributed by atoms with van der Waals surface area (Å²) in [4.78, 5) is 7.69. The Balaban J connectivity index is 2.63. The van der Waals surface area contributed by atoms with E-state index in [1.54, 1.807) is 18.2 Å². The summed E-state index contributed by atoms with van der Waals surface area (Å²) in [6.45, 7) is 0. The van der Waals surface area contributed by atoms with Gasteiger partial charge in [0.1, 0.15) is 11.5 Å². The molecule has 0 aliphatic carbocycles. The lowest BCUT2D eigenvalue weighted by atomic mass is 10.1. The van der Waals surface area contributed by atoms with Gasteiger partial charge in [0, 0.05) is 0 Å². The molecule has 0 atom stereocenters. The zero-order chi connectivity index (χ0) is 14.0. The van der Waals surface area contributed by atoms with E-state index in [2.05, 4.69) is 9.97 Å². The third-order valence-corrected chi connectivity index (χ3v) is 2.92. The molecule has 100 valence electrons. The summed E-state index contributed by atoms with van der Waals surface area (Å²) < 4.78 is 23.6. The maximum atomic E-state index is 13.3. The van der Waals surface area contributed by atoms with Crippen LogP contribution in [0.4, 0.5) is 4.39 Å². The highest BCUT2D eigenvalue weighted by molar-refractivity contribution is 6.33. The van der Waals surface area contributed by atoms with Gasteiger partial charge in [-0.15, -0.1) is 0 Å². The first-order chi connectivity index (χ1) is 9.06. The van der Waals surface area contributed by atoms with Gasteiger partial charge < -0.3 is 9.47 Å². The lowest BCUT2D eigenvalue weighted by Crippen LogP contribution is -1.97. The molecule has 1 aromatic heterocycles. The fraction of sp³-hybridized carbons (Fsp3) is 0.167. The molecule has 0 saturated heterocycles. The van der Waals surface area contributed by atoms with Crippen LogP contribution in [-0.2, 0) is 0 Å². The quantitative estimate of drug-likeness (QED) is 0.813. The van der Waals surface area contributed by atoms with E-state index in [-0.39, 0.29) is 16.1 Å². The third kappa shape index (κ3) is 2.72. The van der Waals surface area contributed by atoms with Crippen LogP contribution in [0.3, 0.4) is 0 Å². The molecule has 0 aliphatic rings. The Kier molecular flexibility index (Phi) is 4.07. The van der Waals surface area contributed by atoms with Gasteiger partial charge in [-0.25, -0.2) is 14.4 Å². The molecule has 0 fully saturated rings. The Morgan fingerprint density at radius 3 is 2.21 bits per heavy atom. The van der Waals surface area contributed by atoms with E-state index < -0.39 is 5.82 Å². The number of hydrogen-bond donors (Lipinski definition) is 0. The molecule has 0 amide bonds. The lowest BCUT2D eigenvalue weighted by molar-refractivity contribution is 0.404. The highest BCUT2D eigenvalue weighted by Crippen LogP contribution is 2.33. The lowest BCUT2D eigenvalue weighted by Gasteiger charge is -2.10. The number of benzene rings is 1. The van der Waals surface area contributed by atoms with Gasteiger partial charge >= 0.3 is 0 Å². The van der Waals surface area contributed by atoms with Crippen molar-refractivity contribution >= 4 is 23.2 Å². The number of methoxy groups -OCH3 is 2. The first-order valence-electron chi connectivity index (χ1n) is 5.17. The molecule has 0 aliphatic heterocycles. The first-order valence-corrected chi connectivity index (χ1v) is 5.93. The molecule has 0 radical (unpaired) electrons. The standard InChI is InChI=1S/C12H9Cl2FN2O2/c1-18-6-3-4-8(19-2)7(5-6)12-16-10(13)9(15)11(14)17-12/h3-5H,1-2H3. The van der Waals surface area contributed by atoms with Crippen LogP contribution in [0.2, 0.25) is 10.3 Å². The van der Waals surface area contributed by atoms with Crippen LogP contribution in [0, 0.1) is 5.82 Å². The molecule has 0 bridgehead atoms. The minimum absolute atomic E-state index is 0.159. The molecule has 1 aromatic carbocycles. The highest BCUT2D eigenvalue weighted by atomic mass is 35.5. The number of rotatable bonds is 3. The number of ether oxygens (including phenoxy) is 2. The normalized spacial score (nSPS) is 10.4. The molecule has 2 aromatic rings. The second-order valence-corrected chi connectivity index (χ2v) is 4.23. The molecule has 19 heavy (non-hydrogen) atoms. The van der Waals surface area contributed by atoms with Crippen LogP contribution in [0.5, 0.6) is 11.5 Å². The molecule has 2 rings (SSSR count). The Labute approximate surface area is 119 Å². The molecule has 1 heterocycles. The van der Waals surface area contributed by atoms with Gasteiger partial charge in [0.25, 0.3) is 0 Å². The minimum Gasteiger partial charge on any atom is -0.497 e. The summed E-state index contributed by atoms with van der Waals surface area (Å²) in [7, 11) is 3.02. The van der Waals surface area contributed by atoms with E-state index in [9.17, 15) is 4.39 Å². The molecular formula is C12H9Cl2FN2O2. The summed E-state index contributed by atoms with van der Waals surface area (Å²) in [5.41, 5.74) is 0.505. The average Bonchev–Trinajstić information content (AvgIpc) is 2.43. The van der Waals surface area contributed by atoms with E-state index in [4.69, 9.17) is 32.7 Å². The topological polar surface area (TPSA) is 44.2 Å². The van der Waals surface area contributed by atoms with Crippen molar-refractivity contribution in [3.8, 4) is 22.9 Å².